The number of nitro groups is 1. The van der Waals surface area contributed by atoms with Crippen LogP contribution in [0.1, 0.15) is 11.3 Å². The van der Waals surface area contributed by atoms with Gasteiger partial charge >= 0.3 is 0 Å². The molecule has 0 aliphatic rings. The highest BCUT2D eigenvalue weighted by atomic mass is 16.6. The number of aromatic nitrogens is 1. The number of benzene rings is 1. The minimum Gasteiger partial charge on any atom is -0.391 e. The molecule has 1 heterocycles. The molecule has 0 radical (unpaired) electrons. The average Bonchev–Trinajstić information content (AvgIpc) is 2.27. The molecular formula is C11H10N2O3. The van der Waals surface area contributed by atoms with Crippen molar-refractivity contribution in [3.63, 3.8) is 0 Å². The van der Waals surface area contributed by atoms with Gasteiger partial charge in [-0.2, -0.15) is 0 Å². The smallest absolute Gasteiger partial charge is 0.277 e. The Morgan fingerprint density at radius 1 is 1.44 bits per heavy atom. The van der Waals surface area contributed by atoms with Gasteiger partial charge in [-0.15, -0.1) is 0 Å². The van der Waals surface area contributed by atoms with Crippen molar-refractivity contribution >= 4 is 16.6 Å². The molecule has 2 rings (SSSR count). The van der Waals surface area contributed by atoms with E-state index >= 15 is 0 Å². The van der Waals surface area contributed by atoms with E-state index in [0.29, 0.717) is 11.1 Å². The van der Waals surface area contributed by atoms with Crippen molar-refractivity contribution in [1.82, 2.24) is 4.98 Å². The van der Waals surface area contributed by atoms with Crippen LogP contribution in [0.4, 0.5) is 5.69 Å². The summed E-state index contributed by atoms with van der Waals surface area (Å²) in [5.41, 5.74) is 1.60. The molecule has 82 valence electrons. The fourth-order valence-corrected chi connectivity index (χ4v) is 1.61. The Labute approximate surface area is 91.5 Å². The number of nitrogens with zero attached hydrogens (tertiary/aromatic N) is 2. The van der Waals surface area contributed by atoms with Crippen molar-refractivity contribution in [3.8, 4) is 0 Å². The monoisotopic (exact) mass is 218 g/mol. The van der Waals surface area contributed by atoms with Crippen molar-refractivity contribution in [1.29, 1.82) is 0 Å². The summed E-state index contributed by atoms with van der Waals surface area (Å²) in [5, 5.41) is 20.6. The van der Waals surface area contributed by atoms with Crippen LogP contribution in [0.5, 0.6) is 0 Å². The van der Waals surface area contributed by atoms with Gasteiger partial charge in [0.15, 0.2) is 0 Å². The zero-order valence-electron chi connectivity index (χ0n) is 8.67. The Morgan fingerprint density at radius 2 is 2.19 bits per heavy atom. The normalized spacial score (nSPS) is 10.6. The molecule has 5 heteroatoms. The summed E-state index contributed by atoms with van der Waals surface area (Å²) in [4.78, 5) is 14.5. The van der Waals surface area contributed by atoms with Gasteiger partial charge in [0.2, 0.25) is 0 Å². The highest BCUT2D eigenvalue weighted by Gasteiger charge is 2.14. The van der Waals surface area contributed by atoms with Crippen LogP contribution in [0.3, 0.4) is 0 Å². The third-order valence-corrected chi connectivity index (χ3v) is 2.40. The first kappa shape index (κ1) is 10.5. The van der Waals surface area contributed by atoms with Crippen molar-refractivity contribution in [2.75, 3.05) is 0 Å². The van der Waals surface area contributed by atoms with Gasteiger partial charge in [-0.1, -0.05) is 6.07 Å². The van der Waals surface area contributed by atoms with Crippen molar-refractivity contribution in [2.24, 2.45) is 0 Å². The molecule has 1 aromatic heterocycles. The zero-order valence-corrected chi connectivity index (χ0v) is 8.67. The van der Waals surface area contributed by atoms with Gasteiger partial charge in [0.25, 0.3) is 5.69 Å². The lowest BCUT2D eigenvalue weighted by Gasteiger charge is -2.03. The topological polar surface area (TPSA) is 76.3 Å². The molecule has 5 nitrogen and oxygen atoms in total. The molecule has 0 spiro atoms. The number of fused-ring (bicyclic) bond motifs is 1. The third-order valence-electron chi connectivity index (χ3n) is 2.40. The first-order chi connectivity index (χ1) is 7.61. The van der Waals surface area contributed by atoms with Crippen LogP contribution < -0.4 is 0 Å². The van der Waals surface area contributed by atoms with E-state index in [0.717, 1.165) is 11.1 Å². The molecule has 1 aromatic carbocycles. The summed E-state index contributed by atoms with van der Waals surface area (Å²) in [6.45, 7) is 1.48. The van der Waals surface area contributed by atoms with Gasteiger partial charge in [-0.3, -0.25) is 15.1 Å². The summed E-state index contributed by atoms with van der Waals surface area (Å²) in [5.74, 6) is 0. The molecule has 0 atom stereocenters. The standard InChI is InChI=1S/C11H10N2O3/c1-7-2-3-8-4-9(6-14)11(13(15)16)5-10(8)12-7/h2-5,14H,6H2,1H3. The van der Waals surface area contributed by atoms with Gasteiger partial charge in [-0.05, 0) is 19.1 Å². The Balaban J connectivity index is 2.75. The second kappa shape index (κ2) is 3.86. The summed E-state index contributed by atoms with van der Waals surface area (Å²) in [7, 11) is 0. The van der Waals surface area contributed by atoms with E-state index in [2.05, 4.69) is 4.98 Å². The van der Waals surface area contributed by atoms with E-state index in [1.54, 1.807) is 6.07 Å². The molecule has 0 bridgehead atoms. The molecule has 0 fully saturated rings. The van der Waals surface area contributed by atoms with Crippen LogP contribution in [-0.4, -0.2) is 15.0 Å². The summed E-state index contributed by atoms with van der Waals surface area (Å²) in [6, 6.07) is 6.66. The number of aryl methyl sites for hydroxylation is 1. The van der Waals surface area contributed by atoms with E-state index in [-0.39, 0.29) is 12.3 Å². The first-order valence-corrected chi connectivity index (χ1v) is 4.77. The predicted molar refractivity (Wildman–Crippen MR) is 59.1 cm³/mol. The first-order valence-electron chi connectivity index (χ1n) is 4.77. The minimum atomic E-state index is -0.505. The van der Waals surface area contributed by atoms with Crippen molar-refractivity contribution in [3.05, 3.63) is 45.6 Å². The quantitative estimate of drug-likeness (QED) is 0.617. The van der Waals surface area contributed by atoms with Crippen LogP contribution in [-0.2, 0) is 6.61 Å². The van der Waals surface area contributed by atoms with Gasteiger partial charge in [0, 0.05) is 17.1 Å². The minimum absolute atomic E-state index is 0.0897. The number of aliphatic hydroxyl groups is 1. The number of aliphatic hydroxyl groups excluding tert-OH is 1. The van der Waals surface area contributed by atoms with Crippen LogP contribution in [0.2, 0.25) is 0 Å². The lowest BCUT2D eigenvalue weighted by molar-refractivity contribution is -0.385. The predicted octanol–water partition coefficient (Wildman–Crippen LogP) is 1.94. The second-order valence-corrected chi connectivity index (χ2v) is 3.54. The maximum absolute atomic E-state index is 10.8. The van der Waals surface area contributed by atoms with E-state index < -0.39 is 4.92 Å². The highest BCUT2D eigenvalue weighted by molar-refractivity contribution is 5.82. The van der Waals surface area contributed by atoms with Gasteiger partial charge in [-0.25, -0.2) is 0 Å². The molecule has 0 aliphatic carbocycles. The molecule has 0 unspecified atom stereocenters. The summed E-state index contributed by atoms with van der Waals surface area (Å²) >= 11 is 0. The summed E-state index contributed by atoms with van der Waals surface area (Å²) in [6.07, 6.45) is 0. The lowest BCUT2D eigenvalue weighted by Crippen LogP contribution is -1.96. The Bertz CT molecular complexity index is 566. The molecule has 0 saturated carbocycles. The van der Waals surface area contributed by atoms with Gasteiger partial charge < -0.3 is 5.11 Å². The fraction of sp³-hybridized carbons (Fsp3) is 0.182. The molecule has 0 amide bonds. The van der Waals surface area contributed by atoms with Gasteiger partial charge in [0.1, 0.15) is 0 Å². The highest BCUT2D eigenvalue weighted by Crippen LogP contribution is 2.25. The Morgan fingerprint density at radius 3 is 2.81 bits per heavy atom. The van der Waals surface area contributed by atoms with E-state index in [9.17, 15) is 10.1 Å². The van der Waals surface area contributed by atoms with Crippen molar-refractivity contribution < 1.29 is 10.0 Å². The largest absolute Gasteiger partial charge is 0.391 e. The second-order valence-electron chi connectivity index (χ2n) is 3.54. The average molecular weight is 218 g/mol. The number of nitro benzene ring substituents is 1. The number of pyridine rings is 1. The zero-order chi connectivity index (χ0) is 11.7. The number of hydrogen-bond donors (Lipinski definition) is 1. The van der Waals surface area contributed by atoms with Gasteiger partial charge in [0.05, 0.1) is 22.6 Å². The molecule has 0 saturated heterocycles. The van der Waals surface area contributed by atoms with Crippen LogP contribution in [0, 0.1) is 17.0 Å². The molecule has 16 heavy (non-hydrogen) atoms. The molecular weight excluding hydrogens is 208 g/mol. The number of rotatable bonds is 2. The van der Waals surface area contributed by atoms with Crippen molar-refractivity contribution in [2.45, 2.75) is 13.5 Å². The van der Waals surface area contributed by atoms with Crippen LogP contribution in [0.15, 0.2) is 24.3 Å². The van der Waals surface area contributed by atoms with E-state index in [4.69, 9.17) is 5.11 Å². The molecule has 2 aromatic rings. The van der Waals surface area contributed by atoms with Crippen LogP contribution >= 0.6 is 0 Å². The van der Waals surface area contributed by atoms with Crippen LogP contribution in [0.25, 0.3) is 10.9 Å². The molecule has 0 aliphatic heterocycles. The lowest BCUT2D eigenvalue weighted by atomic mass is 10.1. The summed E-state index contributed by atoms with van der Waals surface area (Å²) < 4.78 is 0. The molecule has 1 N–H and O–H groups in total. The maximum Gasteiger partial charge on any atom is 0.277 e. The van der Waals surface area contributed by atoms with E-state index in [1.165, 1.54) is 6.07 Å². The third kappa shape index (κ3) is 1.72. The van der Waals surface area contributed by atoms with E-state index in [1.807, 2.05) is 19.1 Å². The maximum atomic E-state index is 10.8. The SMILES string of the molecule is Cc1ccc2cc(CO)c([N+](=O)[O-])cc2n1. The fourth-order valence-electron chi connectivity index (χ4n) is 1.61. The Kier molecular flexibility index (Phi) is 2.54. The number of hydrogen-bond acceptors (Lipinski definition) is 4. The Hall–Kier alpha value is -2.01.